The summed E-state index contributed by atoms with van der Waals surface area (Å²) in [6, 6.07) is 8.87. The number of aliphatic hydroxyl groups is 1. The van der Waals surface area contributed by atoms with Gasteiger partial charge in [-0.25, -0.2) is 4.39 Å². The van der Waals surface area contributed by atoms with E-state index in [-0.39, 0.29) is 53.2 Å². The van der Waals surface area contributed by atoms with Crippen molar-refractivity contribution in [2.24, 2.45) is 5.92 Å². The third-order valence-electron chi connectivity index (χ3n) is 6.75. The Bertz CT molecular complexity index is 1120. The third kappa shape index (κ3) is 3.47. The summed E-state index contributed by atoms with van der Waals surface area (Å²) in [5, 5.41) is 13.7. The maximum Gasteiger partial charge on any atom is 0.391 e. The number of carbonyl (C=O) groups is 1. The second-order valence-corrected chi connectivity index (χ2v) is 8.95. The van der Waals surface area contributed by atoms with Gasteiger partial charge in [-0.15, -0.1) is 0 Å². The predicted octanol–water partition coefficient (Wildman–Crippen LogP) is 6.65. The Hall–Kier alpha value is -2.54. The first-order chi connectivity index (χ1) is 15.0. The number of halogens is 5. The molecule has 1 spiro atoms. The highest BCUT2D eigenvalue weighted by Gasteiger charge is 2.52. The zero-order valence-corrected chi connectivity index (χ0v) is 18.3. The normalized spacial score (nSPS) is 23.7. The van der Waals surface area contributed by atoms with Crippen LogP contribution in [0.15, 0.2) is 36.1 Å². The van der Waals surface area contributed by atoms with Crippen molar-refractivity contribution in [3.8, 4) is 11.1 Å². The highest BCUT2D eigenvalue weighted by molar-refractivity contribution is 6.34. The summed E-state index contributed by atoms with van der Waals surface area (Å²) in [6.45, 7) is 3.16. The van der Waals surface area contributed by atoms with Crippen LogP contribution in [0.1, 0.15) is 42.4 Å². The van der Waals surface area contributed by atoms with Gasteiger partial charge in [0.2, 0.25) is 0 Å². The average molecular weight is 468 g/mol. The van der Waals surface area contributed by atoms with Crippen LogP contribution in [0.4, 0.5) is 17.6 Å². The van der Waals surface area contributed by atoms with Crippen molar-refractivity contribution in [3.05, 3.63) is 63.6 Å². The minimum Gasteiger partial charge on any atom is -0.509 e. The van der Waals surface area contributed by atoms with E-state index >= 15 is 4.39 Å². The number of carbonyl (C=O) groups excluding carboxylic acids is 1. The minimum atomic E-state index is -4.32. The summed E-state index contributed by atoms with van der Waals surface area (Å²) in [5.41, 5.74) is 0.515. The predicted molar refractivity (Wildman–Crippen MR) is 115 cm³/mol. The van der Waals surface area contributed by atoms with Crippen molar-refractivity contribution in [1.29, 1.82) is 0 Å². The summed E-state index contributed by atoms with van der Waals surface area (Å²) in [5.74, 6) is -3.13. The molecule has 1 heterocycles. The Morgan fingerprint density at radius 3 is 2.22 bits per heavy atom. The SMILES string of the molecule is Cc1c(F)c(Cl)c(-c2ccccc2)c(C)c1C1=C(O)C2(CCC(C(F)(F)F)CC2)NC1=O. The Kier molecular flexibility index (Phi) is 5.52. The largest absolute Gasteiger partial charge is 0.509 e. The van der Waals surface area contributed by atoms with E-state index in [4.69, 9.17) is 11.6 Å². The molecule has 1 amide bonds. The van der Waals surface area contributed by atoms with Gasteiger partial charge in [0.15, 0.2) is 0 Å². The fourth-order valence-electron chi connectivity index (χ4n) is 5.00. The van der Waals surface area contributed by atoms with Crippen LogP contribution < -0.4 is 5.32 Å². The molecule has 0 aromatic heterocycles. The van der Waals surface area contributed by atoms with E-state index in [1.165, 1.54) is 6.92 Å². The van der Waals surface area contributed by atoms with Crippen molar-refractivity contribution in [2.75, 3.05) is 0 Å². The van der Waals surface area contributed by atoms with Crippen molar-refractivity contribution in [3.63, 3.8) is 0 Å². The van der Waals surface area contributed by atoms with Gasteiger partial charge in [-0.2, -0.15) is 13.2 Å². The maximum atomic E-state index is 15.1. The molecule has 1 aliphatic carbocycles. The number of alkyl halides is 3. The Balaban J connectivity index is 1.85. The number of rotatable bonds is 2. The molecule has 0 unspecified atom stereocenters. The van der Waals surface area contributed by atoms with Gasteiger partial charge in [-0.3, -0.25) is 4.79 Å². The molecule has 3 nitrogen and oxygen atoms in total. The van der Waals surface area contributed by atoms with Crippen LogP contribution in [0.2, 0.25) is 5.02 Å². The zero-order chi connectivity index (χ0) is 23.4. The third-order valence-corrected chi connectivity index (χ3v) is 7.11. The van der Waals surface area contributed by atoms with Crippen LogP contribution in [-0.2, 0) is 4.79 Å². The molecule has 32 heavy (non-hydrogen) atoms. The van der Waals surface area contributed by atoms with Crippen LogP contribution in [0.25, 0.3) is 16.7 Å². The molecule has 2 aromatic rings. The minimum absolute atomic E-state index is 0.0437. The van der Waals surface area contributed by atoms with Gasteiger partial charge in [0, 0.05) is 11.1 Å². The zero-order valence-electron chi connectivity index (χ0n) is 17.5. The number of hydrogen-bond donors (Lipinski definition) is 2. The fourth-order valence-corrected chi connectivity index (χ4v) is 5.39. The van der Waals surface area contributed by atoms with Crippen LogP contribution in [0.3, 0.4) is 0 Å². The molecule has 8 heteroatoms. The van der Waals surface area contributed by atoms with E-state index in [0.717, 1.165) is 0 Å². The molecule has 0 bridgehead atoms. The molecule has 2 N–H and O–H groups in total. The summed E-state index contributed by atoms with van der Waals surface area (Å²) in [6.07, 6.45) is -4.81. The smallest absolute Gasteiger partial charge is 0.391 e. The van der Waals surface area contributed by atoms with Gasteiger partial charge in [-0.1, -0.05) is 41.9 Å². The van der Waals surface area contributed by atoms with Gasteiger partial charge >= 0.3 is 6.18 Å². The quantitative estimate of drug-likeness (QED) is 0.485. The summed E-state index contributed by atoms with van der Waals surface area (Å²) >= 11 is 6.33. The lowest BCUT2D eigenvalue weighted by atomic mass is 9.75. The topological polar surface area (TPSA) is 49.3 Å². The monoisotopic (exact) mass is 467 g/mol. The summed E-state index contributed by atoms with van der Waals surface area (Å²) in [7, 11) is 0. The van der Waals surface area contributed by atoms with Gasteiger partial charge in [0.05, 0.1) is 22.1 Å². The highest BCUT2D eigenvalue weighted by Crippen LogP contribution is 2.49. The second-order valence-electron chi connectivity index (χ2n) is 8.57. The first-order valence-electron chi connectivity index (χ1n) is 10.3. The standard InChI is InChI=1S/C24H22ClF4NO2/c1-12-16(13(2)20(26)19(25)17(12)14-6-4-3-5-7-14)18-21(31)23(30-22(18)32)10-8-15(9-11-23)24(27,28)29/h3-7,15,31H,8-11H2,1-2H3,(H,30,32). The fraction of sp³-hybridized carbons (Fsp3) is 0.375. The van der Waals surface area contributed by atoms with Crippen molar-refractivity contribution in [1.82, 2.24) is 5.32 Å². The van der Waals surface area contributed by atoms with Crippen LogP contribution in [-0.4, -0.2) is 22.7 Å². The number of amides is 1. The maximum absolute atomic E-state index is 15.1. The van der Waals surface area contributed by atoms with E-state index < -0.39 is 29.4 Å². The lowest BCUT2D eigenvalue weighted by Crippen LogP contribution is -2.48. The summed E-state index contributed by atoms with van der Waals surface area (Å²) < 4.78 is 54.5. The molecule has 170 valence electrons. The lowest BCUT2D eigenvalue weighted by Gasteiger charge is -2.37. The van der Waals surface area contributed by atoms with Crippen molar-refractivity contribution >= 4 is 23.1 Å². The Morgan fingerprint density at radius 2 is 1.66 bits per heavy atom. The molecule has 0 radical (unpaired) electrons. The van der Waals surface area contributed by atoms with Crippen LogP contribution in [0, 0.1) is 25.6 Å². The van der Waals surface area contributed by atoms with E-state index in [2.05, 4.69) is 5.32 Å². The molecule has 2 aromatic carbocycles. The van der Waals surface area contributed by atoms with Crippen molar-refractivity contribution in [2.45, 2.75) is 51.2 Å². The molecule has 4 rings (SSSR count). The number of aliphatic hydroxyl groups excluding tert-OH is 1. The molecular weight excluding hydrogens is 446 g/mol. The van der Waals surface area contributed by atoms with Gasteiger partial charge < -0.3 is 10.4 Å². The van der Waals surface area contributed by atoms with Crippen LogP contribution >= 0.6 is 11.6 Å². The van der Waals surface area contributed by atoms with Crippen molar-refractivity contribution < 1.29 is 27.5 Å². The lowest BCUT2D eigenvalue weighted by molar-refractivity contribution is -0.184. The molecular formula is C24H22ClF4NO2. The molecule has 0 saturated heterocycles. The molecule has 1 fully saturated rings. The molecule has 2 aliphatic rings. The Labute approximate surface area is 188 Å². The molecule has 0 atom stereocenters. The molecule has 1 saturated carbocycles. The number of nitrogens with one attached hydrogen (secondary N) is 1. The van der Waals surface area contributed by atoms with E-state index in [1.54, 1.807) is 37.3 Å². The van der Waals surface area contributed by atoms with Gasteiger partial charge in [0.25, 0.3) is 5.91 Å². The average Bonchev–Trinajstić information content (AvgIpc) is 2.97. The summed E-state index contributed by atoms with van der Waals surface area (Å²) in [4.78, 5) is 13.0. The van der Waals surface area contributed by atoms with Gasteiger partial charge in [0.1, 0.15) is 11.6 Å². The Morgan fingerprint density at radius 1 is 1.06 bits per heavy atom. The highest BCUT2D eigenvalue weighted by atomic mass is 35.5. The van der Waals surface area contributed by atoms with E-state index in [0.29, 0.717) is 16.7 Å². The first kappa shape index (κ1) is 22.6. The second kappa shape index (κ2) is 7.80. The first-order valence-corrected chi connectivity index (χ1v) is 10.7. The molecule has 1 aliphatic heterocycles. The van der Waals surface area contributed by atoms with Gasteiger partial charge in [-0.05, 0) is 56.2 Å². The van der Waals surface area contributed by atoms with E-state index in [1.807, 2.05) is 0 Å². The number of hydrogen-bond acceptors (Lipinski definition) is 2. The number of benzene rings is 2. The van der Waals surface area contributed by atoms with E-state index in [9.17, 15) is 23.1 Å². The van der Waals surface area contributed by atoms with Crippen LogP contribution in [0.5, 0.6) is 0 Å².